The van der Waals surface area contributed by atoms with E-state index in [1.807, 2.05) is 0 Å². The molecule has 0 unspecified atom stereocenters. The van der Waals surface area contributed by atoms with Crippen molar-refractivity contribution in [1.29, 1.82) is 0 Å². The number of rotatable bonds is 4. The van der Waals surface area contributed by atoms with Crippen LogP contribution in [0.1, 0.15) is 36.4 Å². The minimum atomic E-state index is -4.97. The zero-order valence-electron chi connectivity index (χ0n) is 16.2. The number of aryl methyl sites for hydroxylation is 1. The molecule has 0 aliphatic carbocycles. The van der Waals surface area contributed by atoms with Gasteiger partial charge in [0, 0.05) is 13.1 Å². The molecule has 3 aromatic rings. The molecule has 0 spiro atoms. The van der Waals surface area contributed by atoms with E-state index in [-0.39, 0.29) is 41.7 Å². The van der Waals surface area contributed by atoms with E-state index in [0.717, 1.165) is 16.7 Å². The number of H-pyrrole nitrogens is 1. The quantitative estimate of drug-likeness (QED) is 0.613. The zero-order chi connectivity index (χ0) is 23.1. The molecule has 0 amide bonds. The third-order valence-electron chi connectivity index (χ3n) is 4.56. The van der Waals surface area contributed by atoms with Crippen LogP contribution in [0.15, 0.2) is 27.8 Å². The Labute approximate surface area is 170 Å². The third-order valence-corrected chi connectivity index (χ3v) is 4.56. The second kappa shape index (κ2) is 7.75. The summed E-state index contributed by atoms with van der Waals surface area (Å²) in [7, 11) is 0. The van der Waals surface area contributed by atoms with E-state index >= 15 is 0 Å². The summed E-state index contributed by atoms with van der Waals surface area (Å²) in [5.74, 6) is -0.00600. The van der Waals surface area contributed by atoms with E-state index in [0.29, 0.717) is 12.1 Å². The summed E-state index contributed by atoms with van der Waals surface area (Å²) in [6.45, 7) is 3.59. The molecular weight excluding hydrogens is 430 g/mol. The molecular formula is C19H16F6N4O2. The summed E-state index contributed by atoms with van der Waals surface area (Å²) in [5, 5.41) is 0. The van der Waals surface area contributed by atoms with Gasteiger partial charge in [0.15, 0.2) is 5.65 Å². The Balaban J connectivity index is 2.13. The largest absolute Gasteiger partial charge is 0.416 e. The molecule has 166 valence electrons. The van der Waals surface area contributed by atoms with Crippen LogP contribution < -0.4 is 11.2 Å². The highest BCUT2D eigenvalue weighted by Crippen LogP contribution is 2.36. The smallest absolute Gasteiger partial charge is 0.333 e. The number of fused-ring (bicyclic) bond motifs is 1. The number of imidazole rings is 1. The molecule has 0 radical (unpaired) electrons. The number of aromatic amines is 1. The molecule has 0 aliphatic heterocycles. The molecule has 2 aromatic heterocycles. The molecule has 0 saturated carbocycles. The van der Waals surface area contributed by atoms with Gasteiger partial charge in [-0.2, -0.15) is 26.3 Å². The van der Waals surface area contributed by atoms with Crippen LogP contribution in [0.4, 0.5) is 26.3 Å². The Hall–Kier alpha value is -3.31. The molecule has 1 aromatic carbocycles. The monoisotopic (exact) mass is 446 g/mol. The summed E-state index contributed by atoms with van der Waals surface area (Å²) in [5.41, 5.74) is -4.41. The van der Waals surface area contributed by atoms with E-state index in [9.17, 15) is 35.9 Å². The average Bonchev–Trinajstić information content (AvgIpc) is 3.10. The van der Waals surface area contributed by atoms with E-state index in [4.69, 9.17) is 0 Å². The van der Waals surface area contributed by atoms with Crippen molar-refractivity contribution in [3.8, 4) is 0 Å². The van der Waals surface area contributed by atoms with Crippen LogP contribution in [0, 0.1) is 0 Å². The van der Waals surface area contributed by atoms with Crippen LogP contribution in [0.2, 0.25) is 0 Å². The maximum atomic E-state index is 13.0. The Morgan fingerprint density at radius 3 is 1.94 bits per heavy atom. The molecule has 12 heteroatoms. The van der Waals surface area contributed by atoms with Crippen LogP contribution in [0.5, 0.6) is 0 Å². The van der Waals surface area contributed by atoms with E-state index in [2.05, 4.69) is 9.97 Å². The predicted octanol–water partition coefficient (Wildman–Crippen LogP) is 4.13. The fraction of sp³-hybridized carbons (Fsp3) is 0.316. The van der Waals surface area contributed by atoms with Crippen LogP contribution in [0.3, 0.4) is 0 Å². The summed E-state index contributed by atoms with van der Waals surface area (Å²) in [6.07, 6.45) is -7.79. The fourth-order valence-electron chi connectivity index (χ4n) is 3.08. The van der Waals surface area contributed by atoms with Crippen molar-refractivity contribution in [2.45, 2.75) is 39.3 Å². The topological polar surface area (TPSA) is 72.7 Å². The number of nitrogens with zero attached hydrogens (tertiary/aromatic N) is 3. The van der Waals surface area contributed by atoms with Crippen molar-refractivity contribution >= 4 is 23.3 Å². The van der Waals surface area contributed by atoms with Gasteiger partial charge in [-0.15, -0.1) is 0 Å². The Morgan fingerprint density at radius 1 is 0.903 bits per heavy atom. The predicted molar refractivity (Wildman–Crippen MR) is 101 cm³/mol. The molecule has 0 bridgehead atoms. The van der Waals surface area contributed by atoms with Gasteiger partial charge in [0.2, 0.25) is 0 Å². The highest BCUT2D eigenvalue weighted by Gasteiger charge is 2.36. The maximum absolute atomic E-state index is 13.0. The van der Waals surface area contributed by atoms with Crippen molar-refractivity contribution in [1.82, 2.24) is 19.1 Å². The molecule has 0 aliphatic rings. The normalized spacial score (nSPS) is 12.9. The number of hydrogen-bond acceptors (Lipinski definition) is 3. The van der Waals surface area contributed by atoms with Crippen molar-refractivity contribution < 1.29 is 26.3 Å². The minimum Gasteiger partial charge on any atom is -0.333 e. The van der Waals surface area contributed by atoms with Gasteiger partial charge in [0.25, 0.3) is 5.56 Å². The fourth-order valence-corrected chi connectivity index (χ4v) is 3.08. The van der Waals surface area contributed by atoms with Crippen molar-refractivity contribution in [2.24, 2.45) is 0 Å². The second-order valence-corrected chi connectivity index (χ2v) is 6.57. The number of alkyl halides is 6. The van der Waals surface area contributed by atoms with Crippen LogP contribution >= 0.6 is 0 Å². The lowest BCUT2D eigenvalue weighted by atomic mass is 10.0. The Kier molecular flexibility index (Phi) is 5.59. The van der Waals surface area contributed by atoms with Gasteiger partial charge in [-0.1, -0.05) is 6.08 Å². The molecule has 2 heterocycles. The van der Waals surface area contributed by atoms with Gasteiger partial charge < -0.3 is 4.98 Å². The molecule has 3 rings (SSSR count). The van der Waals surface area contributed by atoms with E-state index in [1.54, 1.807) is 13.8 Å². The average molecular weight is 446 g/mol. The lowest BCUT2D eigenvalue weighted by Crippen LogP contribution is -2.39. The number of halogens is 6. The van der Waals surface area contributed by atoms with Crippen LogP contribution in [0.25, 0.3) is 23.3 Å². The van der Waals surface area contributed by atoms with Crippen molar-refractivity contribution in [3.05, 3.63) is 61.6 Å². The number of hydrogen-bond donors (Lipinski definition) is 1. The van der Waals surface area contributed by atoms with Crippen molar-refractivity contribution in [2.75, 3.05) is 0 Å². The first-order chi connectivity index (χ1) is 14.4. The highest BCUT2D eigenvalue weighted by atomic mass is 19.4. The number of benzene rings is 1. The van der Waals surface area contributed by atoms with Gasteiger partial charge >= 0.3 is 18.0 Å². The van der Waals surface area contributed by atoms with Gasteiger partial charge in [0.05, 0.1) is 11.1 Å². The summed E-state index contributed by atoms with van der Waals surface area (Å²) < 4.78 is 80.2. The molecule has 0 atom stereocenters. The lowest BCUT2D eigenvalue weighted by molar-refractivity contribution is -0.143. The molecule has 0 saturated heterocycles. The van der Waals surface area contributed by atoms with E-state index in [1.165, 1.54) is 4.57 Å². The van der Waals surface area contributed by atoms with Crippen molar-refractivity contribution in [3.63, 3.8) is 0 Å². The first-order valence-corrected chi connectivity index (χ1v) is 9.07. The van der Waals surface area contributed by atoms with Gasteiger partial charge in [-0.3, -0.25) is 13.9 Å². The highest BCUT2D eigenvalue weighted by molar-refractivity contribution is 5.75. The lowest BCUT2D eigenvalue weighted by Gasteiger charge is -2.12. The third kappa shape index (κ3) is 4.28. The number of aromatic nitrogens is 4. The Morgan fingerprint density at radius 2 is 1.45 bits per heavy atom. The maximum Gasteiger partial charge on any atom is 0.416 e. The summed E-state index contributed by atoms with van der Waals surface area (Å²) in [4.78, 5) is 31.6. The number of nitrogens with one attached hydrogen (secondary N) is 1. The second-order valence-electron chi connectivity index (χ2n) is 6.57. The molecule has 6 nitrogen and oxygen atoms in total. The van der Waals surface area contributed by atoms with Gasteiger partial charge in [-0.25, -0.2) is 9.78 Å². The van der Waals surface area contributed by atoms with Gasteiger partial charge in [0.1, 0.15) is 11.3 Å². The van der Waals surface area contributed by atoms with Crippen LogP contribution in [-0.2, 0) is 25.4 Å². The minimum absolute atomic E-state index is 0.00275. The molecule has 1 N–H and O–H groups in total. The summed E-state index contributed by atoms with van der Waals surface area (Å²) in [6, 6.07) is 1.17. The zero-order valence-corrected chi connectivity index (χ0v) is 16.2. The first kappa shape index (κ1) is 22.4. The summed E-state index contributed by atoms with van der Waals surface area (Å²) >= 11 is 0. The van der Waals surface area contributed by atoms with Crippen LogP contribution in [-0.4, -0.2) is 19.1 Å². The SMILES string of the molecule is CCn1c(=O)c2[nH]c(C=Cc3cc(C(F)(F)F)cc(C(F)(F)F)c3)nc2n(CC)c1=O. The first-order valence-electron chi connectivity index (χ1n) is 9.07. The molecule has 31 heavy (non-hydrogen) atoms. The Bertz CT molecular complexity index is 1250. The molecule has 0 fully saturated rings. The standard InChI is InChI=1S/C19H16F6N4O2/c1-3-28-15-14(16(30)29(4-2)17(28)31)26-13(27-15)6-5-10-7-11(18(20,21)22)9-12(8-10)19(23,24)25/h5-9H,3-4H2,1-2H3,(H,26,27). The van der Waals surface area contributed by atoms with E-state index < -0.39 is 34.7 Å². The van der Waals surface area contributed by atoms with Gasteiger partial charge in [-0.05, 0) is 43.7 Å².